The third-order valence-electron chi connectivity index (χ3n) is 2.23. The molecule has 0 radical (unpaired) electrons. The molecule has 0 saturated carbocycles. The van der Waals surface area contributed by atoms with Crippen molar-refractivity contribution in [1.82, 2.24) is 0 Å². The third-order valence-corrected chi connectivity index (χ3v) is 4.26. The molecule has 90 valence electrons. The first-order chi connectivity index (χ1) is 8.20. The van der Waals surface area contributed by atoms with Crippen LogP contribution in [-0.4, -0.2) is 0 Å². The fourth-order valence-corrected chi connectivity index (χ4v) is 3.53. The fraction of sp³-hybridized carbons (Fsp3) is 0.167. The van der Waals surface area contributed by atoms with E-state index in [-0.39, 0.29) is 0 Å². The normalized spacial score (nSPS) is 10.5. The summed E-state index contributed by atoms with van der Waals surface area (Å²) < 4.78 is 7.63. The summed E-state index contributed by atoms with van der Waals surface area (Å²) in [4.78, 5) is 1.20. The minimum Gasteiger partial charge on any atom is -0.486 e. The zero-order valence-corrected chi connectivity index (χ0v) is 12.9. The van der Waals surface area contributed by atoms with Gasteiger partial charge >= 0.3 is 0 Å². The summed E-state index contributed by atoms with van der Waals surface area (Å²) in [5.41, 5.74) is 6.67. The Morgan fingerprint density at radius 1 is 1.24 bits per heavy atom. The van der Waals surface area contributed by atoms with Crippen LogP contribution >= 0.6 is 43.2 Å². The molecule has 0 saturated heterocycles. The Morgan fingerprint density at radius 3 is 2.47 bits per heavy atom. The Morgan fingerprint density at radius 2 is 1.94 bits per heavy atom. The van der Waals surface area contributed by atoms with Crippen molar-refractivity contribution < 1.29 is 4.74 Å². The maximum absolute atomic E-state index is 5.79. The molecule has 5 heteroatoms. The van der Waals surface area contributed by atoms with Gasteiger partial charge < -0.3 is 10.5 Å². The molecule has 0 amide bonds. The van der Waals surface area contributed by atoms with Crippen LogP contribution in [0.15, 0.2) is 38.6 Å². The van der Waals surface area contributed by atoms with Gasteiger partial charge in [-0.05, 0) is 61.0 Å². The van der Waals surface area contributed by atoms with Crippen LogP contribution in [0, 0.1) is 0 Å². The van der Waals surface area contributed by atoms with E-state index in [9.17, 15) is 0 Å². The Bertz CT molecular complexity index is 476. The van der Waals surface area contributed by atoms with Gasteiger partial charge in [-0.25, -0.2) is 0 Å². The first-order valence-electron chi connectivity index (χ1n) is 5.04. The van der Waals surface area contributed by atoms with Crippen molar-refractivity contribution in [3.63, 3.8) is 0 Å². The lowest BCUT2D eigenvalue weighted by atomic mass is 10.2. The van der Waals surface area contributed by atoms with Gasteiger partial charge in [0.1, 0.15) is 12.4 Å². The smallest absolute Gasteiger partial charge is 0.148 e. The van der Waals surface area contributed by atoms with Crippen molar-refractivity contribution in [3.05, 3.63) is 49.0 Å². The molecule has 0 fully saturated rings. The summed E-state index contributed by atoms with van der Waals surface area (Å²) in [6, 6.07) is 8.04. The number of thiophene rings is 1. The van der Waals surface area contributed by atoms with Gasteiger partial charge in [0, 0.05) is 11.4 Å². The van der Waals surface area contributed by atoms with Crippen molar-refractivity contribution in [2.75, 3.05) is 0 Å². The molecule has 2 rings (SSSR count). The molecule has 17 heavy (non-hydrogen) atoms. The number of benzene rings is 1. The van der Waals surface area contributed by atoms with Crippen molar-refractivity contribution in [2.45, 2.75) is 13.2 Å². The van der Waals surface area contributed by atoms with E-state index in [0.29, 0.717) is 13.2 Å². The molecule has 1 aromatic heterocycles. The molecule has 2 nitrogen and oxygen atoms in total. The van der Waals surface area contributed by atoms with E-state index in [0.717, 1.165) is 20.3 Å². The van der Waals surface area contributed by atoms with Crippen LogP contribution in [0.1, 0.15) is 10.4 Å². The van der Waals surface area contributed by atoms with Crippen LogP contribution in [0.2, 0.25) is 0 Å². The summed E-state index contributed by atoms with van der Waals surface area (Å²) in [6.45, 7) is 1.10. The topological polar surface area (TPSA) is 35.2 Å². The van der Waals surface area contributed by atoms with Crippen LogP contribution in [0.5, 0.6) is 5.75 Å². The van der Waals surface area contributed by atoms with Gasteiger partial charge in [0.15, 0.2) is 0 Å². The van der Waals surface area contributed by atoms with Crippen LogP contribution in [0.3, 0.4) is 0 Å². The second kappa shape index (κ2) is 6.00. The monoisotopic (exact) mass is 375 g/mol. The number of nitrogens with two attached hydrogens (primary N) is 1. The summed E-state index contributed by atoms with van der Waals surface area (Å²) >= 11 is 8.68. The molecule has 0 bridgehead atoms. The van der Waals surface area contributed by atoms with Crippen LogP contribution in [0.25, 0.3) is 0 Å². The molecule has 0 atom stereocenters. The predicted molar refractivity (Wildman–Crippen MR) is 78.4 cm³/mol. The summed E-state index contributed by atoms with van der Waals surface area (Å²) in [5.74, 6) is 0.815. The quantitative estimate of drug-likeness (QED) is 0.862. The molecular weight excluding hydrogens is 366 g/mol. The van der Waals surface area contributed by atoms with Crippen LogP contribution in [-0.2, 0) is 13.2 Å². The van der Waals surface area contributed by atoms with Crippen LogP contribution < -0.4 is 10.5 Å². The zero-order chi connectivity index (χ0) is 12.3. The highest BCUT2D eigenvalue weighted by molar-refractivity contribution is 9.11. The second-order valence-electron chi connectivity index (χ2n) is 3.46. The molecule has 2 aromatic rings. The average molecular weight is 377 g/mol. The lowest BCUT2D eigenvalue weighted by Crippen LogP contribution is -1.99. The third kappa shape index (κ3) is 3.31. The predicted octanol–water partition coefficient (Wildman–Crippen LogP) is 4.31. The lowest BCUT2D eigenvalue weighted by Gasteiger charge is -2.11. The van der Waals surface area contributed by atoms with Crippen molar-refractivity contribution in [2.24, 2.45) is 5.73 Å². The van der Waals surface area contributed by atoms with Gasteiger partial charge in [0.2, 0.25) is 0 Å². The maximum Gasteiger partial charge on any atom is 0.148 e. The highest BCUT2D eigenvalue weighted by Crippen LogP contribution is 2.35. The molecule has 0 aliphatic carbocycles. The Kier molecular flexibility index (Phi) is 4.62. The number of hydrogen-bond acceptors (Lipinski definition) is 3. The van der Waals surface area contributed by atoms with Crippen molar-refractivity contribution in [3.8, 4) is 5.75 Å². The van der Waals surface area contributed by atoms with Crippen molar-refractivity contribution >= 4 is 43.2 Å². The largest absolute Gasteiger partial charge is 0.486 e. The van der Waals surface area contributed by atoms with Gasteiger partial charge in [-0.2, -0.15) is 0 Å². The van der Waals surface area contributed by atoms with E-state index in [1.807, 2.05) is 23.6 Å². The van der Waals surface area contributed by atoms with Gasteiger partial charge in [-0.1, -0.05) is 6.07 Å². The van der Waals surface area contributed by atoms with Gasteiger partial charge in [-0.3, -0.25) is 0 Å². The molecule has 1 aromatic carbocycles. The van der Waals surface area contributed by atoms with E-state index < -0.39 is 0 Å². The van der Waals surface area contributed by atoms with Gasteiger partial charge in [-0.15, -0.1) is 11.3 Å². The number of halogens is 2. The molecule has 0 unspecified atom stereocenters. The highest BCUT2D eigenvalue weighted by Gasteiger charge is 2.09. The van der Waals surface area contributed by atoms with Gasteiger partial charge in [0.05, 0.1) is 8.95 Å². The minimum absolute atomic E-state index is 0.516. The summed E-state index contributed by atoms with van der Waals surface area (Å²) in [6.07, 6.45) is 0. The van der Waals surface area contributed by atoms with E-state index in [1.54, 1.807) is 11.3 Å². The standard InChI is InChI=1S/C12H11Br2NOS/c13-10-4-8(6-15)5-11(14)12(10)16-7-9-2-1-3-17-9/h1-5H,6-7,15H2. The zero-order valence-electron chi connectivity index (χ0n) is 8.95. The van der Waals surface area contributed by atoms with Crippen LogP contribution in [0.4, 0.5) is 0 Å². The van der Waals surface area contributed by atoms with Gasteiger partial charge in [0.25, 0.3) is 0 Å². The molecule has 2 N–H and O–H groups in total. The highest BCUT2D eigenvalue weighted by atomic mass is 79.9. The molecule has 1 heterocycles. The first kappa shape index (κ1) is 13.1. The number of ether oxygens (including phenoxy) is 1. The summed E-state index contributed by atoms with van der Waals surface area (Å²) in [7, 11) is 0. The average Bonchev–Trinajstić information content (AvgIpc) is 2.80. The molecule has 0 spiro atoms. The van der Waals surface area contributed by atoms with E-state index in [4.69, 9.17) is 10.5 Å². The molecular formula is C12H11Br2NOS. The lowest BCUT2D eigenvalue weighted by molar-refractivity contribution is 0.305. The Hall–Kier alpha value is -0.360. The Balaban J connectivity index is 2.15. The number of rotatable bonds is 4. The molecule has 0 aliphatic rings. The minimum atomic E-state index is 0.516. The first-order valence-corrected chi connectivity index (χ1v) is 7.50. The maximum atomic E-state index is 5.79. The van der Waals surface area contributed by atoms with Crippen molar-refractivity contribution in [1.29, 1.82) is 0 Å². The fourth-order valence-electron chi connectivity index (χ4n) is 1.41. The molecule has 0 aliphatic heterocycles. The number of hydrogen-bond donors (Lipinski definition) is 1. The van der Waals surface area contributed by atoms with E-state index in [1.165, 1.54) is 4.88 Å². The second-order valence-corrected chi connectivity index (χ2v) is 6.20. The van der Waals surface area contributed by atoms with E-state index in [2.05, 4.69) is 37.9 Å². The SMILES string of the molecule is NCc1cc(Br)c(OCc2cccs2)c(Br)c1. The Labute approximate surface area is 121 Å². The summed E-state index contributed by atoms with van der Waals surface area (Å²) in [5, 5.41) is 2.04. The van der Waals surface area contributed by atoms with E-state index >= 15 is 0 Å².